The molecule has 8 N–H and O–H groups in total. The summed E-state index contributed by atoms with van der Waals surface area (Å²) in [6, 6.07) is 41.0. The van der Waals surface area contributed by atoms with Crippen LogP contribution in [0.15, 0.2) is 172 Å². The number of halogens is 8. The van der Waals surface area contributed by atoms with Crippen LogP contribution < -0.4 is 38.5 Å². The second-order valence-corrected chi connectivity index (χ2v) is 29.3. The van der Waals surface area contributed by atoms with E-state index in [1.165, 1.54) is 26.2 Å². The lowest BCUT2D eigenvalue weighted by molar-refractivity contribution is -0.153. The van der Waals surface area contributed by atoms with Gasteiger partial charge in [0.15, 0.2) is 18.3 Å². The van der Waals surface area contributed by atoms with Crippen LogP contribution in [0.25, 0.3) is 0 Å². The number of carboxylic acid groups (broad SMARTS) is 6. The largest absolute Gasteiger partial charge is 0.479 e. The highest BCUT2D eigenvalue weighted by atomic mass is 79.9. The molecule has 0 aliphatic heterocycles. The van der Waals surface area contributed by atoms with Gasteiger partial charge < -0.3 is 73.9 Å². The number of hydrogen-bond acceptors (Lipinski definition) is 17. The molecule has 2 aliphatic carbocycles. The van der Waals surface area contributed by atoms with Gasteiger partial charge in [0.2, 0.25) is 40.7 Å². The zero-order valence-corrected chi connectivity index (χ0v) is 65.5. The first-order valence-electron chi connectivity index (χ1n) is 30.5. The third kappa shape index (κ3) is 37.4. The molecule has 0 aromatic heterocycles. The molecule has 7 atom stereocenters. The van der Waals surface area contributed by atoms with E-state index >= 15 is 0 Å². The van der Waals surface area contributed by atoms with E-state index in [0.717, 1.165) is 58.8 Å². The monoisotopic (exact) mass is 1830 g/mol. The minimum Gasteiger partial charge on any atom is -0.479 e. The summed E-state index contributed by atoms with van der Waals surface area (Å²) in [6.07, 6.45) is -5.29. The third-order valence-electron chi connectivity index (χ3n) is 13.5. The van der Waals surface area contributed by atoms with E-state index in [4.69, 9.17) is 63.4 Å². The van der Waals surface area contributed by atoms with Crippen molar-refractivity contribution in [2.75, 3.05) is 39.7 Å². The molecule has 2 aliphatic rings. The summed E-state index contributed by atoms with van der Waals surface area (Å²) in [6.45, 7) is 5.65. The molecule has 0 saturated heterocycles. The fourth-order valence-corrected chi connectivity index (χ4v) is 10.3. The molecule has 558 valence electrons. The van der Waals surface area contributed by atoms with Crippen molar-refractivity contribution in [3.05, 3.63) is 172 Å². The van der Waals surface area contributed by atoms with Crippen LogP contribution in [0.4, 0.5) is 8.78 Å². The summed E-state index contributed by atoms with van der Waals surface area (Å²) in [7, 11) is -1.92. The van der Waals surface area contributed by atoms with Gasteiger partial charge in [0.05, 0.1) is 38.5 Å². The maximum Gasteiger partial charge on any atom is 0.346 e. The van der Waals surface area contributed by atoms with Crippen molar-refractivity contribution in [2.45, 2.75) is 102 Å². The van der Waals surface area contributed by atoms with Gasteiger partial charge in [-0.2, -0.15) is 0 Å². The lowest BCUT2D eigenvalue weighted by Crippen LogP contribution is -2.45. The Labute approximate surface area is 638 Å². The maximum atomic E-state index is 12.1. The SMILES string of the molecule is CC(=O)NCC(Oc1ccc(Br)cc1)C(=O)O.CCOC1CC(C(Oc2ccc(Br)cc2)C(=O)O)C1.COCC(C)C(Oc1ccc(Br)cc1)C(=O)O.CS(=O)(=O)NCC(Oc1ccc(Br)cc1)C(=O)O.O=C(O)C(CC(F)F)Oc1ccc(Br)cc1.O=C(O)C(Oc1ccc(Br)cc1)C1CC1. The molecular weight excluding hydrogens is 1760 g/mol. The molecule has 25 nitrogen and oxygen atoms in total. The number of carboxylic acids is 6. The molecule has 8 rings (SSSR count). The number of benzene rings is 6. The van der Waals surface area contributed by atoms with Crippen molar-refractivity contribution in [2.24, 2.45) is 17.8 Å². The lowest BCUT2D eigenvalue weighted by atomic mass is 9.78. The van der Waals surface area contributed by atoms with Gasteiger partial charge in [-0.05, 0) is 178 Å². The van der Waals surface area contributed by atoms with Gasteiger partial charge in [0.25, 0.3) is 0 Å². The van der Waals surface area contributed by atoms with Crippen LogP contribution in [0.2, 0.25) is 0 Å². The van der Waals surface area contributed by atoms with Crippen molar-refractivity contribution in [3.8, 4) is 34.5 Å². The zero-order chi connectivity index (χ0) is 76.2. The molecule has 6 aromatic carbocycles. The minimum atomic E-state index is -3.45. The van der Waals surface area contributed by atoms with Crippen LogP contribution in [-0.4, -0.2) is 170 Å². The van der Waals surface area contributed by atoms with Crippen LogP contribution >= 0.6 is 95.6 Å². The Hall–Kier alpha value is -7.02. The highest BCUT2D eigenvalue weighted by Gasteiger charge is 2.41. The molecule has 7 unspecified atom stereocenters. The predicted molar refractivity (Wildman–Crippen MR) is 391 cm³/mol. The summed E-state index contributed by atoms with van der Waals surface area (Å²) in [5.41, 5.74) is 0. The van der Waals surface area contributed by atoms with E-state index in [0.29, 0.717) is 42.0 Å². The molecule has 0 heterocycles. The van der Waals surface area contributed by atoms with E-state index in [-0.39, 0.29) is 48.6 Å². The molecule has 0 bridgehead atoms. The van der Waals surface area contributed by atoms with Crippen LogP contribution in [0, 0.1) is 17.8 Å². The van der Waals surface area contributed by atoms with Crippen LogP contribution in [0.1, 0.15) is 52.9 Å². The number of nitrogens with one attached hydrogen (secondary N) is 2. The van der Waals surface area contributed by atoms with Gasteiger partial charge in [-0.3, -0.25) is 4.79 Å². The molecule has 2 saturated carbocycles. The summed E-state index contributed by atoms with van der Waals surface area (Å²) < 4.78 is 95.5. The predicted octanol–water partition coefficient (Wildman–Crippen LogP) is 13.5. The quantitative estimate of drug-likeness (QED) is 0.0194. The fourth-order valence-electron chi connectivity index (χ4n) is 8.28. The first-order valence-corrected chi connectivity index (χ1v) is 37.2. The number of ether oxygens (including phenoxy) is 8. The maximum absolute atomic E-state index is 12.1. The normalized spacial score (nSPS) is 15.4. The third-order valence-corrected chi connectivity index (χ3v) is 17.3. The van der Waals surface area contributed by atoms with Gasteiger partial charge in [0, 0.05) is 65.2 Å². The van der Waals surface area contributed by atoms with Crippen molar-refractivity contribution >= 4 is 147 Å². The second kappa shape index (κ2) is 46.6. The topological polar surface area (TPSA) is 373 Å². The zero-order valence-electron chi connectivity index (χ0n) is 55.1. The van der Waals surface area contributed by atoms with E-state index in [9.17, 15) is 55.9 Å². The number of aliphatic carboxylic acids is 6. The van der Waals surface area contributed by atoms with Crippen molar-refractivity contribution in [1.82, 2.24) is 10.0 Å². The first-order chi connectivity index (χ1) is 48.1. The molecule has 34 heteroatoms. The summed E-state index contributed by atoms with van der Waals surface area (Å²) in [5, 5.41) is 56.2. The van der Waals surface area contributed by atoms with Gasteiger partial charge in [-0.15, -0.1) is 0 Å². The number of alkyl halides is 2. The summed E-state index contributed by atoms with van der Waals surface area (Å²) >= 11 is 19.6. The highest BCUT2D eigenvalue weighted by Crippen LogP contribution is 2.37. The second-order valence-electron chi connectivity index (χ2n) is 22.0. The minimum absolute atomic E-state index is 0.0256. The van der Waals surface area contributed by atoms with Crippen molar-refractivity contribution in [3.63, 3.8) is 0 Å². The Morgan fingerprint density at radius 1 is 0.480 bits per heavy atom. The molecule has 0 radical (unpaired) electrons. The number of amides is 1. The summed E-state index contributed by atoms with van der Waals surface area (Å²) in [5.74, 6) is -4.10. The number of rotatable bonds is 32. The summed E-state index contributed by atoms with van der Waals surface area (Å²) in [4.78, 5) is 76.5. The number of sulfonamides is 1. The molecule has 0 spiro atoms. The highest BCUT2D eigenvalue weighted by molar-refractivity contribution is 9.11. The number of carbonyl (C=O) groups is 7. The van der Waals surface area contributed by atoms with Crippen LogP contribution in [0.5, 0.6) is 34.5 Å². The number of carbonyl (C=O) groups excluding carboxylic acids is 1. The lowest BCUT2D eigenvalue weighted by Gasteiger charge is -2.38. The molecule has 2 fully saturated rings. The van der Waals surface area contributed by atoms with Crippen LogP contribution in [-0.2, 0) is 53.1 Å². The number of methoxy groups -OCH3 is 1. The van der Waals surface area contributed by atoms with Gasteiger partial charge >= 0.3 is 35.8 Å². The Balaban J connectivity index is 0.000000319. The smallest absolute Gasteiger partial charge is 0.346 e. The van der Waals surface area contributed by atoms with E-state index < -0.39 is 95.3 Å². The fraction of sp³-hybridized carbons (Fsp3) is 0.368. The van der Waals surface area contributed by atoms with Crippen molar-refractivity contribution < 1.29 is 119 Å². The van der Waals surface area contributed by atoms with E-state index in [1.807, 2.05) is 31.2 Å². The first kappa shape index (κ1) is 89.2. The number of hydrogen-bond donors (Lipinski definition) is 8. The Morgan fingerprint density at radius 2 is 0.794 bits per heavy atom. The molecule has 102 heavy (non-hydrogen) atoms. The average Bonchev–Trinajstić information content (AvgIpc) is 1.83. The van der Waals surface area contributed by atoms with Gasteiger partial charge in [-0.1, -0.05) is 103 Å². The van der Waals surface area contributed by atoms with Crippen LogP contribution in [0.3, 0.4) is 0 Å². The Kier molecular flexibility index (Phi) is 40.8. The van der Waals surface area contributed by atoms with Gasteiger partial charge in [-0.25, -0.2) is 50.7 Å². The van der Waals surface area contributed by atoms with E-state index in [2.05, 4.69) is 106 Å². The standard InChI is InChI=1S/C14H17BrO4.C12H15BrO4.C11H12BrNO4.C11H11BrO3.C10H9BrF2O3.C10H12BrNO5S/c1-2-18-12-7-9(8-12)13(14(16)17)19-11-5-3-10(15)4-6-11;1-8(7-16-2)11(12(14)15)17-10-5-3-9(13)4-6-10;1-7(14)13-6-10(11(15)16)17-9-4-2-8(12)3-5-9;12-8-3-5-9(6-4-8)15-10(11(13)14)7-1-2-7;11-6-1-3-7(4-2-6)16-8(10(14)15)5-9(12)13;1-18(15,16)12-6-9(10(13)14)17-8-4-2-7(11)3-5-8/h3-6,9,12-13H,2,7-8H2,1H3,(H,16,17);3-6,8,11H,7H2,1-2H3,(H,14,15);2-5,10H,6H2,1H3,(H,13,14)(H,15,16);3-7,10H,1-2H2,(H,13,14);1-4,8-9H,5H2,(H,14,15);2-5,9,12H,6H2,1H3,(H,13,14). The Bertz CT molecular complexity index is 3660. The van der Waals surface area contributed by atoms with Crippen molar-refractivity contribution in [1.29, 1.82) is 0 Å². The van der Waals surface area contributed by atoms with E-state index in [1.54, 1.807) is 116 Å². The average molecular weight is 1840 g/mol. The molecule has 6 aromatic rings. The molecular formula is C68H76Br6F2N2O23S. The van der Waals surface area contributed by atoms with Gasteiger partial charge in [0.1, 0.15) is 34.5 Å². The molecule has 1 amide bonds. The Morgan fingerprint density at radius 3 is 1.07 bits per heavy atom.